The van der Waals surface area contributed by atoms with Crippen molar-refractivity contribution in [2.75, 3.05) is 6.61 Å². The Kier molecular flexibility index (Phi) is 37.8. The van der Waals surface area contributed by atoms with Crippen molar-refractivity contribution < 1.29 is 15.0 Å². The highest BCUT2D eigenvalue weighted by Crippen LogP contribution is 2.15. The highest BCUT2D eigenvalue weighted by atomic mass is 16.3. The Hall–Kier alpha value is -0.870. The van der Waals surface area contributed by atoms with Crippen molar-refractivity contribution in [2.45, 2.75) is 244 Å². The Balaban J connectivity index is 3.50. The van der Waals surface area contributed by atoms with E-state index in [1.165, 1.54) is 180 Å². The van der Waals surface area contributed by atoms with Crippen LogP contribution in [-0.2, 0) is 4.79 Å². The van der Waals surface area contributed by atoms with E-state index in [2.05, 4.69) is 31.3 Å². The quantitative estimate of drug-likeness (QED) is 0.0460. The second-order valence-electron chi connectivity index (χ2n) is 14.4. The maximum Gasteiger partial charge on any atom is 0.220 e. The Labute approximate surface area is 288 Å². The second kappa shape index (κ2) is 38.6. The van der Waals surface area contributed by atoms with Crippen molar-refractivity contribution in [3.63, 3.8) is 0 Å². The minimum absolute atomic E-state index is 0.0342. The van der Waals surface area contributed by atoms with E-state index in [-0.39, 0.29) is 12.5 Å². The molecule has 3 N–H and O–H groups in total. The van der Waals surface area contributed by atoms with Gasteiger partial charge >= 0.3 is 0 Å². The number of carbonyl (C=O) groups excluding carboxylic acids is 1. The lowest BCUT2D eigenvalue weighted by Crippen LogP contribution is -2.45. The Morgan fingerprint density at radius 1 is 0.500 bits per heavy atom. The molecule has 0 radical (unpaired) electrons. The van der Waals surface area contributed by atoms with Gasteiger partial charge in [-0.3, -0.25) is 4.79 Å². The summed E-state index contributed by atoms with van der Waals surface area (Å²) < 4.78 is 0. The van der Waals surface area contributed by atoms with Gasteiger partial charge in [-0.25, -0.2) is 0 Å². The van der Waals surface area contributed by atoms with Gasteiger partial charge < -0.3 is 15.5 Å². The van der Waals surface area contributed by atoms with E-state index in [1.54, 1.807) is 0 Å². The van der Waals surface area contributed by atoms with Crippen molar-refractivity contribution in [3.05, 3.63) is 12.2 Å². The van der Waals surface area contributed by atoms with Crippen LogP contribution in [0.1, 0.15) is 232 Å². The molecule has 0 aromatic carbocycles. The molecule has 4 heteroatoms. The number of allylic oxidation sites excluding steroid dienone is 2. The lowest BCUT2D eigenvalue weighted by atomic mass is 10.0. The number of carbonyl (C=O) groups is 1. The standard InChI is InChI=1S/C42H83NO3/c1-3-5-7-9-11-13-15-17-18-19-20-21-22-23-24-26-28-30-32-34-36-38-42(46)43-40(39-44)41(45)37-35-33-31-29-27-25-16-14-12-10-8-6-4-2/h21-22,40-41,44-45H,3-20,23-39H2,1-2H3,(H,43,46)/b22-21-. The van der Waals surface area contributed by atoms with Gasteiger partial charge in [0.1, 0.15) is 0 Å². The highest BCUT2D eigenvalue weighted by molar-refractivity contribution is 5.76. The summed E-state index contributed by atoms with van der Waals surface area (Å²) in [5.41, 5.74) is 0. The zero-order valence-corrected chi connectivity index (χ0v) is 31.4. The van der Waals surface area contributed by atoms with Crippen LogP contribution in [0.2, 0.25) is 0 Å². The van der Waals surface area contributed by atoms with Gasteiger partial charge in [-0.2, -0.15) is 0 Å². The van der Waals surface area contributed by atoms with Crippen LogP contribution in [0.3, 0.4) is 0 Å². The van der Waals surface area contributed by atoms with Crippen molar-refractivity contribution in [1.29, 1.82) is 0 Å². The lowest BCUT2D eigenvalue weighted by molar-refractivity contribution is -0.123. The average Bonchev–Trinajstić information content (AvgIpc) is 3.06. The van der Waals surface area contributed by atoms with Crippen LogP contribution in [-0.4, -0.2) is 34.9 Å². The topological polar surface area (TPSA) is 69.6 Å². The lowest BCUT2D eigenvalue weighted by Gasteiger charge is -2.22. The van der Waals surface area contributed by atoms with Gasteiger partial charge in [0.05, 0.1) is 18.8 Å². The molecule has 0 fully saturated rings. The molecule has 2 atom stereocenters. The normalized spacial score (nSPS) is 13.0. The van der Waals surface area contributed by atoms with Crippen molar-refractivity contribution >= 4 is 5.91 Å². The first-order valence-electron chi connectivity index (χ1n) is 20.9. The van der Waals surface area contributed by atoms with Gasteiger partial charge in [-0.15, -0.1) is 0 Å². The van der Waals surface area contributed by atoms with Gasteiger partial charge in [0.2, 0.25) is 5.91 Å². The summed E-state index contributed by atoms with van der Waals surface area (Å²) in [6.45, 7) is 4.36. The first-order chi connectivity index (χ1) is 22.7. The van der Waals surface area contributed by atoms with E-state index >= 15 is 0 Å². The van der Waals surface area contributed by atoms with Crippen molar-refractivity contribution in [3.8, 4) is 0 Å². The van der Waals surface area contributed by atoms with E-state index in [1.807, 2.05) is 0 Å². The number of rotatable bonds is 38. The van der Waals surface area contributed by atoms with Gasteiger partial charge in [0.15, 0.2) is 0 Å². The molecule has 0 aliphatic heterocycles. The average molecular weight is 650 g/mol. The maximum absolute atomic E-state index is 12.4. The zero-order valence-electron chi connectivity index (χ0n) is 31.4. The molecule has 0 aromatic rings. The molecule has 0 aliphatic carbocycles. The molecule has 0 bridgehead atoms. The minimum atomic E-state index is -0.656. The molecule has 274 valence electrons. The fourth-order valence-electron chi connectivity index (χ4n) is 6.53. The Bertz CT molecular complexity index is 622. The molecular formula is C42H83NO3. The first kappa shape index (κ1) is 45.1. The number of aliphatic hydroxyl groups is 2. The third-order valence-corrected chi connectivity index (χ3v) is 9.78. The molecular weight excluding hydrogens is 566 g/mol. The molecule has 0 heterocycles. The van der Waals surface area contributed by atoms with E-state index < -0.39 is 12.1 Å². The van der Waals surface area contributed by atoms with Crippen LogP contribution < -0.4 is 5.32 Å². The molecule has 0 saturated carbocycles. The van der Waals surface area contributed by atoms with E-state index in [4.69, 9.17) is 0 Å². The molecule has 0 aliphatic rings. The maximum atomic E-state index is 12.4. The SMILES string of the molecule is CCCCCCCCCCCC/C=C\CCCCCCCCCC(=O)NC(CO)C(O)CCCCCCCCCCCCCCC. The molecule has 0 spiro atoms. The van der Waals surface area contributed by atoms with Crippen molar-refractivity contribution in [2.24, 2.45) is 0 Å². The van der Waals surface area contributed by atoms with E-state index in [0.717, 1.165) is 25.7 Å². The third-order valence-electron chi connectivity index (χ3n) is 9.78. The van der Waals surface area contributed by atoms with Crippen LogP contribution in [0.5, 0.6) is 0 Å². The molecule has 0 aromatic heterocycles. The Morgan fingerprint density at radius 3 is 1.20 bits per heavy atom. The monoisotopic (exact) mass is 650 g/mol. The number of hydrogen-bond donors (Lipinski definition) is 3. The number of nitrogens with one attached hydrogen (secondary N) is 1. The highest BCUT2D eigenvalue weighted by Gasteiger charge is 2.19. The molecule has 1 amide bonds. The summed E-state index contributed by atoms with van der Waals surface area (Å²) in [4.78, 5) is 12.4. The summed E-state index contributed by atoms with van der Waals surface area (Å²) in [6.07, 6.45) is 47.1. The smallest absolute Gasteiger partial charge is 0.220 e. The fourth-order valence-corrected chi connectivity index (χ4v) is 6.53. The predicted molar refractivity (Wildman–Crippen MR) is 202 cm³/mol. The summed E-state index contributed by atoms with van der Waals surface area (Å²) in [7, 11) is 0. The number of unbranched alkanes of at least 4 members (excludes halogenated alkanes) is 29. The van der Waals surface area contributed by atoms with Gasteiger partial charge in [0, 0.05) is 6.42 Å². The number of aliphatic hydroxyl groups excluding tert-OH is 2. The third kappa shape index (κ3) is 34.5. The number of amides is 1. The second-order valence-corrected chi connectivity index (χ2v) is 14.4. The van der Waals surface area contributed by atoms with Crippen molar-refractivity contribution in [1.82, 2.24) is 5.32 Å². The van der Waals surface area contributed by atoms with Gasteiger partial charge in [-0.05, 0) is 38.5 Å². The minimum Gasteiger partial charge on any atom is -0.394 e. The van der Waals surface area contributed by atoms with Crippen LogP contribution in [0.4, 0.5) is 0 Å². The zero-order chi connectivity index (χ0) is 33.6. The molecule has 0 rings (SSSR count). The van der Waals surface area contributed by atoms with Crippen LogP contribution in [0, 0.1) is 0 Å². The van der Waals surface area contributed by atoms with E-state index in [0.29, 0.717) is 12.8 Å². The van der Waals surface area contributed by atoms with Crippen LogP contribution >= 0.6 is 0 Å². The van der Waals surface area contributed by atoms with Gasteiger partial charge in [0.25, 0.3) is 0 Å². The molecule has 2 unspecified atom stereocenters. The summed E-state index contributed by atoms with van der Waals surface area (Å²) in [5.74, 6) is -0.0342. The summed E-state index contributed by atoms with van der Waals surface area (Å²) in [5, 5.41) is 23.1. The summed E-state index contributed by atoms with van der Waals surface area (Å²) in [6, 6.07) is -0.534. The Morgan fingerprint density at radius 2 is 0.826 bits per heavy atom. The largest absolute Gasteiger partial charge is 0.394 e. The van der Waals surface area contributed by atoms with Gasteiger partial charge in [-0.1, -0.05) is 199 Å². The number of hydrogen-bond acceptors (Lipinski definition) is 3. The summed E-state index contributed by atoms with van der Waals surface area (Å²) >= 11 is 0. The molecule has 46 heavy (non-hydrogen) atoms. The first-order valence-corrected chi connectivity index (χ1v) is 20.9. The van der Waals surface area contributed by atoms with E-state index in [9.17, 15) is 15.0 Å². The predicted octanol–water partition coefficient (Wildman–Crippen LogP) is 12.7. The molecule has 4 nitrogen and oxygen atoms in total. The van der Waals surface area contributed by atoms with Crippen LogP contribution in [0.25, 0.3) is 0 Å². The molecule has 0 saturated heterocycles. The fraction of sp³-hybridized carbons (Fsp3) is 0.929. The van der Waals surface area contributed by atoms with Crippen LogP contribution in [0.15, 0.2) is 12.2 Å².